The van der Waals surface area contributed by atoms with Crippen molar-refractivity contribution >= 4 is 5.97 Å². The number of hydrogen-bond acceptors (Lipinski definition) is 2. The Morgan fingerprint density at radius 1 is 0.919 bits per heavy atom. The maximum atomic E-state index is 12.7. The number of esters is 1. The Kier molecular flexibility index (Phi) is 7.51. The average molecular weight is 503 g/mol. The van der Waals surface area contributed by atoms with Crippen molar-refractivity contribution in [2.75, 3.05) is 0 Å². The van der Waals surface area contributed by atoms with Crippen LogP contribution in [0, 0.1) is 52.3 Å². The second kappa shape index (κ2) is 10.4. The first-order valence-corrected chi connectivity index (χ1v) is 15.3. The topological polar surface area (TPSA) is 26.3 Å². The van der Waals surface area contributed by atoms with Crippen molar-refractivity contribution in [3.05, 3.63) is 59.7 Å². The largest absolute Gasteiger partial charge is 0.459 e. The smallest absolute Gasteiger partial charge is 0.338 e. The first-order valence-electron chi connectivity index (χ1n) is 15.3. The van der Waals surface area contributed by atoms with Crippen molar-refractivity contribution < 1.29 is 9.53 Å². The summed E-state index contributed by atoms with van der Waals surface area (Å²) < 4.78 is 6.02. The van der Waals surface area contributed by atoms with Crippen LogP contribution in [0.15, 0.2) is 54.1 Å². The first kappa shape index (κ1) is 26.8. The van der Waals surface area contributed by atoms with Crippen LogP contribution in [0.25, 0.3) is 0 Å². The van der Waals surface area contributed by atoms with Gasteiger partial charge >= 0.3 is 5.97 Å². The SMILES string of the molecule is CC(C)[C@H](C)/C=C/[C@@H](C)[C@H]1CC[C@H]2C3=CC[C@H]4C[C@@H](OC(=O)c5ccccc5)CC[C@]4(C)[C@H]3CC[C@]12C. The standard InChI is InChI=1S/C35H50O2/c1-23(2)24(3)12-13-25(4)30-16-17-31-29-15-14-27-22-28(37-33(36)26-10-8-7-9-11-26)18-20-34(27,5)32(29)19-21-35(30,31)6/h7-13,15,23-25,27-28,30-32H,14,16-22H2,1-6H3/b13-12+/t24-,25-,27+,28+,30-,31+,32+,34+,35-/m1/s1. The Morgan fingerprint density at radius 2 is 1.62 bits per heavy atom. The van der Waals surface area contributed by atoms with E-state index in [1.165, 1.54) is 38.5 Å². The van der Waals surface area contributed by atoms with Crippen LogP contribution in [0.2, 0.25) is 0 Å². The molecule has 3 saturated carbocycles. The van der Waals surface area contributed by atoms with Crippen molar-refractivity contribution in [1.82, 2.24) is 0 Å². The fourth-order valence-electron chi connectivity index (χ4n) is 8.99. The van der Waals surface area contributed by atoms with E-state index in [1.54, 1.807) is 0 Å². The molecule has 0 aliphatic heterocycles. The second-order valence-electron chi connectivity index (χ2n) is 14.0. The molecular formula is C35H50O2. The van der Waals surface area contributed by atoms with Crippen molar-refractivity contribution in [2.24, 2.45) is 52.3 Å². The van der Waals surface area contributed by atoms with Crippen LogP contribution in [0.3, 0.4) is 0 Å². The Bertz CT molecular complexity index is 1020. The molecule has 4 aliphatic carbocycles. The fraction of sp³-hybridized carbons (Fsp3) is 0.686. The van der Waals surface area contributed by atoms with Gasteiger partial charge < -0.3 is 4.74 Å². The molecule has 0 saturated heterocycles. The highest BCUT2D eigenvalue weighted by molar-refractivity contribution is 5.89. The van der Waals surface area contributed by atoms with E-state index in [9.17, 15) is 4.79 Å². The van der Waals surface area contributed by atoms with Gasteiger partial charge in [0, 0.05) is 0 Å². The summed E-state index contributed by atoms with van der Waals surface area (Å²) in [5, 5.41) is 0. The van der Waals surface area contributed by atoms with E-state index in [1.807, 2.05) is 35.9 Å². The van der Waals surface area contributed by atoms with Gasteiger partial charge in [-0.1, -0.05) is 83.5 Å². The lowest BCUT2D eigenvalue weighted by Crippen LogP contribution is -2.50. The van der Waals surface area contributed by atoms with Gasteiger partial charge in [0.25, 0.3) is 0 Å². The molecule has 4 aliphatic rings. The summed E-state index contributed by atoms with van der Waals surface area (Å²) in [6, 6.07) is 9.49. The molecule has 2 nitrogen and oxygen atoms in total. The summed E-state index contributed by atoms with van der Waals surface area (Å²) in [5.41, 5.74) is 3.30. The Hall–Kier alpha value is -1.83. The van der Waals surface area contributed by atoms with Gasteiger partial charge in [-0.25, -0.2) is 4.79 Å². The fourth-order valence-corrected chi connectivity index (χ4v) is 8.99. The van der Waals surface area contributed by atoms with Gasteiger partial charge in [0.1, 0.15) is 6.10 Å². The number of benzene rings is 1. The van der Waals surface area contributed by atoms with Crippen molar-refractivity contribution in [3.8, 4) is 0 Å². The van der Waals surface area contributed by atoms with Crippen LogP contribution < -0.4 is 0 Å². The van der Waals surface area contributed by atoms with E-state index in [0.29, 0.717) is 40.1 Å². The number of fused-ring (bicyclic) bond motifs is 5. The maximum absolute atomic E-state index is 12.7. The summed E-state index contributed by atoms with van der Waals surface area (Å²) in [6.45, 7) is 14.7. The summed E-state index contributed by atoms with van der Waals surface area (Å²) in [6.07, 6.45) is 17.6. The molecule has 1 aromatic carbocycles. The molecule has 1 aromatic rings. The molecule has 0 bridgehead atoms. The van der Waals surface area contributed by atoms with Gasteiger partial charge in [0.15, 0.2) is 0 Å². The van der Waals surface area contributed by atoms with Crippen LogP contribution in [-0.4, -0.2) is 12.1 Å². The maximum Gasteiger partial charge on any atom is 0.338 e. The molecule has 0 spiro atoms. The van der Waals surface area contributed by atoms with Gasteiger partial charge in [-0.3, -0.25) is 0 Å². The number of ether oxygens (including phenoxy) is 1. The molecule has 0 amide bonds. The molecular weight excluding hydrogens is 452 g/mol. The molecule has 0 radical (unpaired) electrons. The van der Waals surface area contributed by atoms with Crippen molar-refractivity contribution in [2.45, 2.75) is 99.0 Å². The van der Waals surface area contributed by atoms with Crippen LogP contribution in [0.1, 0.15) is 103 Å². The van der Waals surface area contributed by atoms with Gasteiger partial charge in [0.05, 0.1) is 5.56 Å². The Morgan fingerprint density at radius 3 is 2.35 bits per heavy atom. The highest BCUT2D eigenvalue weighted by atomic mass is 16.5. The predicted molar refractivity (Wildman–Crippen MR) is 153 cm³/mol. The van der Waals surface area contributed by atoms with E-state index in [0.717, 1.165) is 30.6 Å². The molecule has 37 heavy (non-hydrogen) atoms. The number of rotatable bonds is 6. The van der Waals surface area contributed by atoms with Crippen molar-refractivity contribution in [1.29, 1.82) is 0 Å². The van der Waals surface area contributed by atoms with Gasteiger partial charge in [-0.05, 0) is 116 Å². The van der Waals surface area contributed by atoms with E-state index < -0.39 is 0 Å². The van der Waals surface area contributed by atoms with Crippen molar-refractivity contribution in [3.63, 3.8) is 0 Å². The third-order valence-electron chi connectivity index (χ3n) is 11.8. The molecule has 9 atom stereocenters. The molecule has 202 valence electrons. The minimum absolute atomic E-state index is 0.0614. The number of hydrogen-bond donors (Lipinski definition) is 0. The minimum atomic E-state index is -0.155. The Balaban J connectivity index is 1.28. The minimum Gasteiger partial charge on any atom is -0.459 e. The van der Waals surface area contributed by atoms with E-state index in [4.69, 9.17) is 4.74 Å². The van der Waals surface area contributed by atoms with Gasteiger partial charge in [0.2, 0.25) is 0 Å². The molecule has 0 aromatic heterocycles. The zero-order valence-electron chi connectivity index (χ0n) is 24.2. The summed E-state index contributed by atoms with van der Waals surface area (Å²) >= 11 is 0. The molecule has 2 heteroatoms. The summed E-state index contributed by atoms with van der Waals surface area (Å²) in [5.74, 6) is 4.79. The zero-order chi connectivity index (χ0) is 26.4. The highest BCUT2D eigenvalue weighted by Gasteiger charge is 2.58. The van der Waals surface area contributed by atoms with Crippen LogP contribution in [0.4, 0.5) is 0 Å². The Labute approximate surface area is 226 Å². The molecule has 3 fully saturated rings. The lowest BCUT2D eigenvalue weighted by molar-refractivity contribution is -0.0515. The summed E-state index contributed by atoms with van der Waals surface area (Å²) in [7, 11) is 0. The summed E-state index contributed by atoms with van der Waals surface area (Å²) in [4.78, 5) is 12.7. The number of allylic oxidation sites excluding steroid dienone is 4. The second-order valence-corrected chi connectivity index (χ2v) is 14.0. The number of carbonyl (C=O) groups is 1. The normalized spacial score (nSPS) is 38.9. The monoisotopic (exact) mass is 502 g/mol. The third-order valence-corrected chi connectivity index (χ3v) is 11.8. The lowest BCUT2D eigenvalue weighted by atomic mass is 9.47. The predicted octanol–water partition coefficient (Wildman–Crippen LogP) is 9.28. The number of carbonyl (C=O) groups excluding carboxylic acids is 1. The molecule has 5 rings (SSSR count). The van der Waals surface area contributed by atoms with Gasteiger partial charge in [-0.2, -0.15) is 0 Å². The molecule has 0 heterocycles. The van der Waals surface area contributed by atoms with Crippen LogP contribution in [0.5, 0.6) is 0 Å². The quantitative estimate of drug-likeness (QED) is 0.286. The molecule has 0 N–H and O–H groups in total. The van der Waals surface area contributed by atoms with Gasteiger partial charge in [-0.15, -0.1) is 0 Å². The first-order chi connectivity index (χ1) is 17.6. The van der Waals surface area contributed by atoms with Crippen LogP contribution in [-0.2, 0) is 4.74 Å². The molecule has 0 unspecified atom stereocenters. The lowest BCUT2D eigenvalue weighted by Gasteiger charge is -2.58. The van der Waals surface area contributed by atoms with E-state index in [2.05, 4.69) is 59.8 Å². The highest BCUT2D eigenvalue weighted by Crippen LogP contribution is 2.66. The van der Waals surface area contributed by atoms with E-state index >= 15 is 0 Å². The average Bonchev–Trinajstić information content (AvgIpc) is 3.25. The zero-order valence-corrected chi connectivity index (χ0v) is 24.2. The third kappa shape index (κ3) is 4.87. The van der Waals surface area contributed by atoms with Crippen LogP contribution >= 0.6 is 0 Å². The van der Waals surface area contributed by atoms with E-state index in [-0.39, 0.29) is 12.1 Å².